The summed E-state index contributed by atoms with van der Waals surface area (Å²) in [6.45, 7) is 7.21. The molecule has 0 radical (unpaired) electrons. The largest absolute Gasteiger partial charge is 0.314 e. The molecule has 0 saturated carbocycles. The van der Waals surface area contributed by atoms with Crippen LogP contribution in [0.15, 0.2) is 30.5 Å². The van der Waals surface area contributed by atoms with Gasteiger partial charge in [-0.05, 0) is 31.0 Å². The lowest BCUT2D eigenvalue weighted by atomic mass is 9.91. The van der Waals surface area contributed by atoms with Crippen molar-refractivity contribution in [1.29, 1.82) is 0 Å². The Bertz CT molecular complexity index is 628. The molecule has 2 rings (SSSR count). The molecule has 0 spiro atoms. The molecule has 106 valence electrons. The molecule has 0 saturated heterocycles. The van der Waals surface area contributed by atoms with Gasteiger partial charge in [0.2, 0.25) is 0 Å². The number of hydrogen-bond donors (Lipinski definition) is 1. The number of nitrogens with zero attached hydrogens (tertiary/aromatic N) is 2. The van der Waals surface area contributed by atoms with E-state index < -0.39 is 0 Å². The van der Waals surface area contributed by atoms with Crippen LogP contribution >= 0.6 is 0 Å². The smallest absolute Gasteiger partial charge is 0.295 e. The van der Waals surface area contributed by atoms with E-state index in [0.29, 0.717) is 11.6 Å². The van der Waals surface area contributed by atoms with E-state index >= 15 is 0 Å². The summed E-state index contributed by atoms with van der Waals surface area (Å²) in [7, 11) is 0. The molecule has 5 heteroatoms. The SMILES string of the molecule is CCNC(C)C(C)c1ccc([N+](=O)[O-])c2ncccc12. The molecule has 1 aromatic heterocycles. The van der Waals surface area contributed by atoms with Crippen LogP contribution in [-0.4, -0.2) is 22.5 Å². The highest BCUT2D eigenvalue weighted by Crippen LogP contribution is 2.31. The Morgan fingerprint density at radius 1 is 1.35 bits per heavy atom. The maximum Gasteiger partial charge on any atom is 0.295 e. The molecule has 2 unspecified atom stereocenters. The molecular weight excluding hydrogens is 254 g/mol. The van der Waals surface area contributed by atoms with Gasteiger partial charge in [0.1, 0.15) is 5.52 Å². The van der Waals surface area contributed by atoms with Gasteiger partial charge in [-0.15, -0.1) is 0 Å². The van der Waals surface area contributed by atoms with Crippen molar-refractivity contribution in [3.8, 4) is 0 Å². The van der Waals surface area contributed by atoms with Crippen molar-refractivity contribution in [2.75, 3.05) is 6.54 Å². The van der Waals surface area contributed by atoms with Crippen molar-refractivity contribution >= 4 is 16.6 Å². The van der Waals surface area contributed by atoms with Gasteiger partial charge in [-0.25, -0.2) is 4.98 Å². The van der Waals surface area contributed by atoms with Crippen LogP contribution in [0.3, 0.4) is 0 Å². The quantitative estimate of drug-likeness (QED) is 0.670. The minimum atomic E-state index is -0.377. The van der Waals surface area contributed by atoms with Gasteiger partial charge in [-0.3, -0.25) is 10.1 Å². The number of nitro groups is 1. The molecular formula is C15H19N3O2. The van der Waals surface area contributed by atoms with E-state index in [1.165, 1.54) is 0 Å². The van der Waals surface area contributed by atoms with Crippen molar-refractivity contribution in [3.05, 3.63) is 46.1 Å². The number of likely N-dealkylation sites (N-methyl/N-ethyl adjacent to an activating group) is 1. The van der Waals surface area contributed by atoms with Crippen LogP contribution in [0.2, 0.25) is 0 Å². The number of aromatic nitrogens is 1. The third kappa shape index (κ3) is 2.63. The minimum absolute atomic E-state index is 0.0626. The monoisotopic (exact) mass is 273 g/mol. The molecule has 2 atom stereocenters. The Hall–Kier alpha value is -2.01. The molecule has 1 heterocycles. The number of non-ortho nitro benzene ring substituents is 1. The van der Waals surface area contributed by atoms with E-state index in [1.807, 2.05) is 18.2 Å². The highest BCUT2D eigenvalue weighted by atomic mass is 16.6. The van der Waals surface area contributed by atoms with Crippen molar-refractivity contribution in [1.82, 2.24) is 10.3 Å². The Kier molecular flexibility index (Phi) is 4.29. The Balaban J connectivity index is 2.56. The first kappa shape index (κ1) is 14.4. The predicted octanol–water partition coefficient (Wildman–Crippen LogP) is 3.24. The lowest BCUT2D eigenvalue weighted by Gasteiger charge is -2.22. The van der Waals surface area contributed by atoms with Gasteiger partial charge >= 0.3 is 0 Å². The zero-order chi connectivity index (χ0) is 14.7. The van der Waals surface area contributed by atoms with Crippen molar-refractivity contribution in [3.63, 3.8) is 0 Å². The average Bonchev–Trinajstić information content (AvgIpc) is 2.45. The molecule has 0 bridgehead atoms. The summed E-state index contributed by atoms with van der Waals surface area (Å²) in [6.07, 6.45) is 1.59. The number of pyridine rings is 1. The highest BCUT2D eigenvalue weighted by Gasteiger charge is 2.20. The number of nitro benzene ring substituents is 1. The predicted molar refractivity (Wildman–Crippen MR) is 80.0 cm³/mol. The standard InChI is InChI=1S/C15H19N3O2/c1-4-16-11(3)10(2)12-7-8-14(18(19)20)15-13(12)6-5-9-17-15/h5-11,16H,4H2,1-3H3. The Morgan fingerprint density at radius 2 is 2.10 bits per heavy atom. The average molecular weight is 273 g/mol. The topological polar surface area (TPSA) is 68.1 Å². The summed E-state index contributed by atoms with van der Waals surface area (Å²) in [5, 5.41) is 15.3. The van der Waals surface area contributed by atoms with E-state index in [0.717, 1.165) is 17.5 Å². The van der Waals surface area contributed by atoms with Crippen molar-refractivity contribution in [2.45, 2.75) is 32.7 Å². The highest BCUT2D eigenvalue weighted by molar-refractivity contribution is 5.90. The van der Waals surface area contributed by atoms with Crippen LogP contribution in [0.1, 0.15) is 32.3 Å². The van der Waals surface area contributed by atoms with E-state index in [2.05, 4.69) is 31.1 Å². The molecule has 0 aliphatic rings. The first-order valence-electron chi connectivity index (χ1n) is 6.81. The van der Waals surface area contributed by atoms with Crippen LogP contribution < -0.4 is 5.32 Å². The molecule has 5 nitrogen and oxygen atoms in total. The molecule has 1 aromatic carbocycles. The summed E-state index contributed by atoms with van der Waals surface area (Å²) >= 11 is 0. The molecule has 0 fully saturated rings. The second-order valence-electron chi connectivity index (χ2n) is 4.97. The molecule has 1 N–H and O–H groups in total. The molecule has 20 heavy (non-hydrogen) atoms. The lowest BCUT2D eigenvalue weighted by Crippen LogP contribution is -2.30. The number of hydrogen-bond acceptors (Lipinski definition) is 4. The van der Waals surface area contributed by atoms with E-state index in [1.54, 1.807) is 12.3 Å². The molecule has 0 aliphatic heterocycles. The molecule has 0 aliphatic carbocycles. The number of rotatable bonds is 5. The normalized spacial score (nSPS) is 14.2. The third-order valence-corrected chi connectivity index (χ3v) is 3.75. The number of nitrogens with one attached hydrogen (secondary N) is 1. The molecule has 0 amide bonds. The van der Waals surface area contributed by atoms with Gasteiger partial charge < -0.3 is 5.32 Å². The first-order chi connectivity index (χ1) is 9.56. The van der Waals surface area contributed by atoms with Crippen LogP contribution in [0.25, 0.3) is 10.9 Å². The fourth-order valence-corrected chi connectivity index (χ4v) is 2.49. The second-order valence-corrected chi connectivity index (χ2v) is 4.97. The van der Waals surface area contributed by atoms with Crippen LogP contribution in [0.4, 0.5) is 5.69 Å². The zero-order valence-electron chi connectivity index (χ0n) is 12.0. The van der Waals surface area contributed by atoms with Crippen LogP contribution in [0, 0.1) is 10.1 Å². The van der Waals surface area contributed by atoms with Crippen LogP contribution in [0.5, 0.6) is 0 Å². The lowest BCUT2D eigenvalue weighted by molar-refractivity contribution is -0.383. The number of fused-ring (bicyclic) bond motifs is 1. The zero-order valence-corrected chi connectivity index (χ0v) is 12.0. The fourth-order valence-electron chi connectivity index (χ4n) is 2.49. The van der Waals surface area contributed by atoms with Crippen molar-refractivity contribution < 1.29 is 4.92 Å². The van der Waals surface area contributed by atoms with E-state index in [4.69, 9.17) is 0 Å². The van der Waals surface area contributed by atoms with E-state index in [-0.39, 0.29) is 16.5 Å². The van der Waals surface area contributed by atoms with E-state index in [9.17, 15) is 10.1 Å². The summed E-state index contributed by atoms with van der Waals surface area (Å²) in [5.74, 6) is 0.252. The van der Waals surface area contributed by atoms with Gasteiger partial charge in [-0.1, -0.05) is 26.0 Å². The van der Waals surface area contributed by atoms with Gasteiger partial charge in [0, 0.05) is 23.7 Å². The summed E-state index contributed by atoms with van der Waals surface area (Å²) in [4.78, 5) is 14.9. The maximum absolute atomic E-state index is 11.1. The summed E-state index contributed by atoms with van der Waals surface area (Å²) in [6, 6.07) is 7.42. The van der Waals surface area contributed by atoms with Gasteiger partial charge in [0.05, 0.1) is 4.92 Å². The Morgan fingerprint density at radius 3 is 2.75 bits per heavy atom. The molecule has 2 aromatic rings. The second kappa shape index (κ2) is 5.96. The third-order valence-electron chi connectivity index (χ3n) is 3.75. The minimum Gasteiger partial charge on any atom is -0.314 e. The van der Waals surface area contributed by atoms with Gasteiger partial charge in [0.15, 0.2) is 0 Å². The summed E-state index contributed by atoms with van der Waals surface area (Å²) in [5.41, 5.74) is 1.62. The van der Waals surface area contributed by atoms with Crippen LogP contribution in [-0.2, 0) is 0 Å². The summed E-state index contributed by atoms with van der Waals surface area (Å²) < 4.78 is 0. The number of benzene rings is 1. The van der Waals surface area contributed by atoms with Gasteiger partial charge in [0.25, 0.3) is 5.69 Å². The first-order valence-corrected chi connectivity index (χ1v) is 6.81. The Labute approximate surface area is 118 Å². The van der Waals surface area contributed by atoms with Crippen molar-refractivity contribution in [2.24, 2.45) is 0 Å². The van der Waals surface area contributed by atoms with Gasteiger partial charge in [-0.2, -0.15) is 0 Å². The maximum atomic E-state index is 11.1. The fraction of sp³-hybridized carbons (Fsp3) is 0.400.